The number of halogens is 3. The van der Waals surface area contributed by atoms with Crippen molar-refractivity contribution >= 4 is 21.6 Å². The molecule has 4 heteroatoms. The third-order valence-corrected chi connectivity index (χ3v) is 4.01. The van der Waals surface area contributed by atoms with E-state index in [1.807, 2.05) is 19.1 Å². The topological polar surface area (TPSA) is 12.0 Å². The van der Waals surface area contributed by atoms with Gasteiger partial charge in [-0.05, 0) is 46.5 Å². The summed E-state index contributed by atoms with van der Waals surface area (Å²) in [4.78, 5) is 0. The molecule has 0 radical (unpaired) electrons. The smallest absolute Gasteiger partial charge is 0.147 e. The molecule has 0 saturated carbocycles. The van der Waals surface area contributed by atoms with E-state index in [2.05, 4.69) is 40.3 Å². The Morgan fingerprint density at radius 2 is 1.76 bits per heavy atom. The minimum atomic E-state index is -0.482. The van der Waals surface area contributed by atoms with E-state index in [9.17, 15) is 8.78 Å². The number of nitrogens with one attached hydrogen (secondary N) is 1. The minimum absolute atomic E-state index is 0.101. The number of anilines is 1. The Labute approximate surface area is 132 Å². The van der Waals surface area contributed by atoms with Crippen LogP contribution in [0.15, 0.2) is 40.9 Å². The first-order valence-electron chi connectivity index (χ1n) is 7.01. The summed E-state index contributed by atoms with van der Waals surface area (Å²) in [6.07, 6.45) is 2.16. The molecule has 2 rings (SSSR count). The van der Waals surface area contributed by atoms with E-state index in [1.54, 1.807) is 0 Å². The highest BCUT2D eigenvalue weighted by atomic mass is 79.9. The van der Waals surface area contributed by atoms with Gasteiger partial charge in [0.2, 0.25) is 0 Å². The summed E-state index contributed by atoms with van der Waals surface area (Å²) >= 11 is 2.97. The van der Waals surface area contributed by atoms with Gasteiger partial charge in [0.25, 0.3) is 0 Å². The first kappa shape index (κ1) is 16.0. The number of aryl methyl sites for hydroxylation is 1. The van der Waals surface area contributed by atoms with Crippen LogP contribution in [0.4, 0.5) is 14.5 Å². The lowest BCUT2D eigenvalue weighted by molar-refractivity contribution is 0.595. The van der Waals surface area contributed by atoms with Crippen LogP contribution in [0.5, 0.6) is 0 Å². The van der Waals surface area contributed by atoms with E-state index in [0.29, 0.717) is 0 Å². The maximum Gasteiger partial charge on any atom is 0.147 e. The van der Waals surface area contributed by atoms with Crippen LogP contribution in [0.3, 0.4) is 0 Å². The SMILES string of the molecule is CCCc1ccc(C(C)Nc2cc(F)c(Br)cc2F)cc1. The van der Waals surface area contributed by atoms with Crippen LogP contribution >= 0.6 is 15.9 Å². The van der Waals surface area contributed by atoms with Crippen molar-refractivity contribution in [1.82, 2.24) is 0 Å². The molecule has 0 aliphatic rings. The molecule has 112 valence electrons. The fraction of sp³-hybridized carbons (Fsp3) is 0.294. The lowest BCUT2D eigenvalue weighted by Crippen LogP contribution is -2.08. The van der Waals surface area contributed by atoms with Gasteiger partial charge in [-0.25, -0.2) is 8.78 Å². The van der Waals surface area contributed by atoms with Crippen molar-refractivity contribution in [2.45, 2.75) is 32.7 Å². The number of benzene rings is 2. The van der Waals surface area contributed by atoms with Gasteiger partial charge in [-0.15, -0.1) is 0 Å². The van der Waals surface area contributed by atoms with Gasteiger partial charge in [0, 0.05) is 12.1 Å². The molecule has 0 amide bonds. The Kier molecular flexibility index (Phi) is 5.34. The lowest BCUT2D eigenvalue weighted by Gasteiger charge is -2.17. The summed E-state index contributed by atoms with van der Waals surface area (Å²) in [5.74, 6) is -0.956. The predicted molar refractivity (Wildman–Crippen MR) is 86.5 cm³/mol. The van der Waals surface area contributed by atoms with E-state index in [-0.39, 0.29) is 16.2 Å². The molecular formula is C17H18BrF2N. The Balaban J connectivity index is 2.14. The van der Waals surface area contributed by atoms with Crippen molar-refractivity contribution in [1.29, 1.82) is 0 Å². The molecule has 1 unspecified atom stereocenters. The van der Waals surface area contributed by atoms with Crippen LogP contribution < -0.4 is 5.32 Å². The van der Waals surface area contributed by atoms with E-state index in [4.69, 9.17) is 0 Å². The van der Waals surface area contributed by atoms with Gasteiger partial charge < -0.3 is 5.32 Å². The van der Waals surface area contributed by atoms with Crippen molar-refractivity contribution in [3.05, 3.63) is 63.6 Å². The summed E-state index contributed by atoms with van der Waals surface area (Å²) in [5, 5.41) is 3.01. The molecule has 0 bridgehead atoms. The van der Waals surface area contributed by atoms with E-state index >= 15 is 0 Å². The Morgan fingerprint density at radius 3 is 2.38 bits per heavy atom. The largest absolute Gasteiger partial charge is 0.376 e. The van der Waals surface area contributed by atoms with Gasteiger partial charge >= 0.3 is 0 Å². The average molecular weight is 354 g/mol. The zero-order valence-electron chi connectivity index (χ0n) is 12.1. The second-order valence-corrected chi connectivity index (χ2v) is 5.96. The van der Waals surface area contributed by atoms with Crippen molar-refractivity contribution < 1.29 is 8.78 Å². The quantitative estimate of drug-likeness (QED) is 0.664. The van der Waals surface area contributed by atoms with Gasteiger partial charge in [0.05, 0.1) is 10.2 Å². The van der Waals surface area contributed by atoms with Crippen LogP contribution in [-0.2, 0) is 6.42 Å². The molecule has 1 nitrogen and oxygen atoms in total. The highest BCUT2D eigenvalue weighted by Gasteiger charge is 2.12. The predicted octanol–water partition coefficient (Wildman–Crippen LogP) is 5.85. The average Bonchev–Trinajstić information content (AvgIpc) is 2.46. The Bertz CT molecular complexity index is 611. The molecule has 0 fully saturated rings. The molecule has 2 aromatic rings. The van der Waals surface area contributed by atoms with Crippen LogP contribution in [0, 0.1) is 11.6 Å². The molecule has 0 saturated heterocycles. The second-order valence-electron chi connectivity index (χ2n) is 5.10. The molecule has 0 spiro atoms. The van der Waals surface area contributed by atoms with Gasteiger partial charge in [-0.2, -0.15) is 0 Å². The molecule has 0 aliphatic heterocycles. The molecule has 0 heterocycles. The summed E-state index contributed by atoms with van der Waals surface area (Å²) in [6.45, 7) is 4.07. The second kappa shape index (κ2) is 7.03. The number of hydrogen-bond acceptors (Lipinski definition) is 1. The van der Waals surface area contributed by atoms with Crippen molar-refractivity contribution in [3.8, 4) is 0 Å². The van der Waals surface area contributed by atoms with Crippen LogP contribution in [0.1, 0.15) is 37.4 Å². The third kappa shape index (κ3) is 4.03. The molecule has 1 atom stereocenters. The maximum atomic E-state index is 13.8. The maximum absolute atomic E-state index is 13.8. The van der Waals surface area contributed by atoms with Gasteiger partial charge in [0.15, 0.2) is 0 Å². The van der Waals surface area contributed by atoms with Crippen LogP contribution in [0.25, 0.3) is 0 Å². The van der Waals surface area contributed by atoms with Crippen LogP contribution in [0.2, 0.25) is 0 Å². The summed E-state index contributed by atoms with van der Waals surface area (Å²) < 4.78 is 27.4. The van der Waals surface area contributed by atoms with E-state index < -0.39 is 11.6 Å². The van der Waals surface area contributed by atoms with Gasteiger partial charge in [-0.3, -0.25) is 0 Å². The molecule has 21 heavy (non-hydrogen) atoms. The van der Waals surface area contributed by atoms with E-state index in [0.717, 1.165) is 24.5 Å². The van der Waals surface area contributed by atoms with Gasteiger partial charge in [0.1, 0.15) is 11.6 Å². The van der Waals surface area contributed by atoms with Crippen LogP contribution in [-0.4, -0.2) is 0 Å². The molecule has 0 aliphatic carbocycles. The molecule has 1 N–H and O–H groups in total. The summed E-state index contributed by atoms with van der Waals surface area (Å²) in [6, 6.07) is 10.4. The van der Waals surface area contributed by atoms with Gasteiger partial charge in [-0.1, -0.05) is 37.6 Å². The Morgan fingerprint density at radius 1 is 1.10 bits per heavy atom. The first-order valence-corrected chi connectivity index (χ1v) is 7.80. The number of hydrogen-bond donors (Lipinski definition) is 1. The highest BCUT2D eigenvalue weighted by Crippen LogP contribution is 2.26. The fourth-order valence-corrected chi connectivity index (χ4v) is 2.53. The van der Waals surface area contributed by atoms with Crippen molar-refractivity contribution in [3.63, 3.8) is 0 Å². The standard InChI is InChI=1S/C17H18BrF2N/c1-3-4-12-5-7-13(8-6-12)11(2)21-17-10-15(19)14(18)9-16(17)20/h5-11,21H,3-4H2,1-2H3. The fourth-order valence-electron chi connectivity index (χ4n) is 2.21. The molecule has 2 aromatic carbocycles. The minimum Gasteiger partial charge on any atom is -0.376 e. The third-order valence-electron chi connectivity index (χ3n) is 3.40. The zero-order chi connectivity index (χ0) is 15.4. The number of rotatable bonds is 5. The van der Waals surface area contributed by atoms with Crippen molar-refractivity contribution in [2.24, 2.45) is 0 Å². The summed E-state index contributed by atoms with van der Waals surface area (Å²) in [7, 11) is 0. The zero-order valence-corrected chi connectivity index (χ0v) is 13.7. The van der Waals surface area contributed by atoms with E-state index in [1.165, 1.54) is 11.6 Å². The highest BCUT2D eigenvalue weighted by molar-refractivity contribution is 9.10. The normalized spacial score (nSPS) is 12.2. The van der Waals surface area contributed by atoms with Crippen molar-refractivity contribution in [2.75, 3.05) is 5.32 Å². The molecule has 0 aromatic heterocycles. The Hall–Kier alpha value is -1.42. The molecular weight excluding hydrogens is 336 g/mol. The summed E-state index contributed by atoms with van der Waals surface area (Å²) in [5.41, 5.74) is 2.49. The first-order chi connectivity index (χ1) is 10.0. The lowest BCUT2D eigenvalue weighted by atomic mass is 10.0. The monoisotopic (exact) mass is 353 g/mol.